The summed E-state index contributed by atoms with van der Waals surface area (Å²) in [6.07, 6.45) is 0.336. The molecule has 0 spiro atoms. The van der Waals surface area contributed by atoms with E-state index in [0.717, 1.165) is 16.9 Å². The third-order valence-electron chi connectivity index (χ3n) is 3.29. The second-order valence-corrected chi connectivity index (χ2v) is 5.92. The molecule has 21 heavy (non-hydrogen) atoms. The third kappa shape index (κ3) is 6.04. The molecule has 0 saturated carbocycles. The van der Waals surface area contributed by atoms with E-state index in [1.165, 1.54) is 0 Å². The molecule has 2 unspecified atom stereocenters. The van der Waals surface area contributed by atoms with Gasteiger partial charge in [-0.15, -0.1) is 0 Å². The number of amides is 2. The first kappa shape index (κ1) is 17.3. The van der Waals surface area contributed by atoms with Crippen LogP contribution in [-0.2, 0) is 0 Å². The third-order valence-corrected chi connectivity index (χ3v) is 3.29. The Morgan fingerprint density at radius 3 is 2.52 bits per heavy atom. The first-order valence-corrected chi connectivity index (χ1v) is 7.30. The van der Waals surface area contributed by atoms with E-state index >= 15 is 0 Å². The topological polar surface area (TPSA) is 64.6 Å². The van der Waals surface area contributed by atoms with Gasteiger partial charge in [0, 0.05) is 32.0 Å². The SMILES string of the molecule is Cc1cc(NC(=O)NCC(C)CC(C)O)ccc1N(C)C. The number of aliphatic hydroxyl groups excluding tert-OH is 1. The summed E-state index contributed by atoms with van der Waals surface area (Å²) in [6.45, 7) is 6.32. The van der Waals surface area contributed by atoms with Crippen LogP contribution in [0.1, 0.15) is 25.8 Å². The van der Waals surface area contributed by atoms with Crippen LogP contribution in [0.3, 0.4) is 0 Å². The molecule has 0 aliphatic rings. The molecule has 3 N–H and O–H groups in total. The van der Waals surface area contributed by atoms with Crippen molar-refractivity contribution in [3.63, 3.8) is 0 Å². The molecule has 0 fully saturated rings. The molecule has 0 saturated heterocycles. The quantitative estimate of drug-likeness (QED) is 0.755. The van der Waals surface area contributed by atoms with Crippen LogP contribution in [0.25, 0.3) is 0 Å². The van der Waals surface area contributed by atoms with E-state index in [-0.39, 0.29) is 18.1 Å². The molecule has 1 aromatic rings. The van der Waals surface area contributed by atoms with Crippen molar-refractivity contribution in [2.45, 2.75) is 33.3 Å². The second kappa shape index (κ2) is 7.88. The van der Waals surface area contributed by atoms with Crippen molar-refractivity contribution >= 4 is 17.4 Å². The summed E-state index contributed by atoms with van der Waals surface area (Å²) in [5, 5.41) is 14.9. The van der Waals surface area contributed by atoms with Gasteiger partial charge in [0.1, 0.15) is 0 Å². The average molecular weight is 293 g/mol. The van der Waals surface area contributed by atoms with Crippen molar-refractivity contribution in [2.24, 2.45) is 5.92 Å². The van der Waals surface area contributed by atoms with Crippen LogP contribution >= 0.6 is 0 Å². The van der Waals surface area contributed by atoms with Crippen molar-refractivity contribution in [1.29, 1.82) is 0 Å². The Morgan fingerprint density at radius 1 is 1.33 bits per heavy atom. The fourth-order valence-corrected chi connectivity index (χ4v) is 2.34. The average Bonchev–Trinajstić information content (AvgIpc) is 2.35. The monoisotopic (exact) mass is 293 g/mol. The highest BCUT2D eigenvalue weighted by atomic mass is 16.3. The number of urea groups is 1. The van der Waals surface area contributed by atoms with Gasteiger partial charge in [0.05, 0.1) is 6.10 Å². The van der Waals surface area contributed by atoms with Gasteiger partial charge in [0.2, 0.25) is 0 Å². The van der Waals surface area contributed by atoms with Gasteiger partial charge in [-0.2, -0.15) is 0 Å². The standard InChI is InChI=1S/C16H27N3O2/c1-11(8-13(3)20)10-17-16(21)18-14-6-7-15(19(4)5)12(2)9-14/h6-7,9,11,13,20H,8,10H2,1-5H3,(H2,17,18,21). The van der Waals surface area contributed by atoms with Gasteiger partial charge in [-0.25, -0.2) is 4.79 Å². The number of aryl methyl sites for hydroxylation is 1. The zero-order chi connectivity index (χ0) is 16.0. The number of rotatable bonds is 6. The van der Waals surface area contributed by atoms with Gasteiger partial charge < -0.3 is 20.6 Å². The minimum absolute atomic E-state index is 0.218. The normalized spacial score (nSPS) is 13.4. The van der Waals surface area contributed by atoms with Gasteiger partial charge in [-0.05, 0) is 49.9 Å². The van der Waals surface area contributed by atoms with Crippen LogP contribution in [0.15, 0.2) is 18.2 Å². The summed E-state index contributed by atoms with van der Waals surface area (Å²) < 4.78 is 0. The number of benzene rings is 1. The van der Waals surface area contributed by atoms with E-state index in [1.54, 1.807) is 6.92 Å². The Labute approximate surface area is 127 Å². The van der Waals surface area contributed by atoms with Crippen molar-refractivity contribution < 1.29 is 9.90 Å². The summed E-state index contributed by atoms with van der Waals surface area (Å²) in [5.74, 6) is 0.244. The highest BCUT2D eigenvalue weighted by Crippen LogP contribution is 2.21. The Morgan fingerprint density at radius 2 is 2.00 bits per heavy atom. The molecule has 5 nitrogen and oxygen atoms in total. The van der Waals surface area contributed by atoms with Crippen LogP contribution in [0.2, 0.25) is 0 Å². The van der Waals surface area contributed by atoms with Gasteiger partial charge in [-0.3, -0.25) is 0 Å². The number of hydrogen-bond acceptors (Lipinski definition) is 3. The lowest BCUT2D eigenvalue weighted by Crippen LogP contribution is -2.33. The van der Waals surface area contributed by atoms with Crippen molar-refractivity contribution in [1.82, 2.24) is 5.32 Å². The Hall–Kier alpha value is -1.75. The molecule has 0 aromatic heterocycles. The molecule has 1 aromatic carbocycles. The number of nitrogens with one attached hydrogen (secondary N) is 2. The summed E-state index contributed by atoms with van der Waals surface area (Å²) in [4.78, 5) is 13.9. The summed E-state index contributed by atoms with van der Waals surface area (Å²) >= 11 is 0. The molecule has 5 heteroatoms. The first-order chi connectivity index (χ1) is 9.79. The fraction of sp³-hybridized carbons (Fsp3) is 0.562. The molecule has 2 amide bonds. The summed E-state index contributed by atoms with van der Waals surface area (Å²) in [6, 6.07) is 5.61. The number of aliphatic hydroxyl groups is 1. The lowest BCUT2D eigenvalue weighted by molar-refractivity contribution is 0.163. The molecule has 1 rings (SSSR count). The Balaban J connectivity index is 2.50. The number of anilines is 2. The molecular formula is C16H27N3O2. The smallest absolute Gasteiger partial charge is 0.319 e. The molecule has 2 atom stereocenters. The zero-order valence-corrected chi connectivity index (χ0v) is 13.6. The van der Waals surface area contributed by atoms with E-state index in [2.05, 4.69) is 10.6 Å². The molecule has 0 aliphatic heterocycles. The van der Waals surface area contributed by atoms with Crippen LogP contribution in [0.5, 0.6) is 0 Å². The molecule has 118 valence electrons. The first-order valence-electron chi connectivity index (χ1n) is 7.30. The Kier molecular flexibility index (Phi) is 6.49. The number of carbonyl (C=O) groups is 1. The highest BCUT2D eigenvalue weighted by Gasteiger charge is 2.09. The van der Waals surface area contributed by atoms with Crippen LogP contribution in [0.4, 0.5) is 16.2 Å². The lowest BCUT2D eigenvalue weighted by atomic mass is 10.1. The number of carbonyl (C=O) groups excluding carboxylic acids is 1. The molecular weight excluding hydrogens is 266 g/mol. The minimum atomic E-state index is -0.342. The number of hydrogen-bond donors (Lipinski definition) is 3. The summed E-state index contributed by atoms with van der Waals surface area (Å²) in [5.41, 5.74) is 3.02. The van der Waals surface area contributed by atoms with Crippen LogP contribution < -0.4 is 15.5 Å². The molecule has 0 bridgehead atoms. The van der Waals surface area contributed by atoms with Crippen molar-refractivity contribution in [3.8, 4) is 0 Å². The summed E-state index contributed by atoms with van der Waals surface area (Å²) in [7, 11) is 3.98. The highest BCUT2D eigenvalue weighted by molar-refractivity contribution is 5.89. The maximum Gasteiger partial charge on any atom is 0.319 e. The molecule has 0 aliphatic carbocycles. The van der Waals surface area contributed by atoms with Gasteiger partial charge in [0.15, 0.2) is 0 Å². The maximum atomic E-state index is 11.8. The van der Waals surface area contributed by atoms with E-state index in [1.807, 2.05) is 51.0 Å². The maximum absolute atomic E-state index is 11.8. The predicted octanol–water partition coefficient (Wildman–Crippen LogP) is 2.59. The van der Waals surface area contributed by atoms with E-state index in [4.69, 9.17) is 0 Å². The van der Waals surface area contributed by atoms with Crippen LogP contribution in [-0.4, -0.2) is 37.9 Å². The van der Waals surface area contributed by atoms with Crippen molar-refractivity contribution in [2.75, 3.05) is 30.9 Å². The Bertz CT molecular complexity index is 473. The van der Waals surface area contributed by atoms with Crippen molar-refractivity contribution in [3.05, 3.63) is 23.8 Å². The fourth-order valence-electron chi connectivity index (χ4n) is 2.34. The van der Waals surface area contributed by atoms with Gasteiger partial charge in [0.25, 0.3) is 0 Å². The second-order valence-electron chi connectivity index (χ2n) is 5.92. The van der Waals surface area contributed by atoms with E-state index in [9.17, 15) is 9.90 Å². The van der Waals surface area contributed by atoms with Gasteiger partial charge >= 0.3 is 6.03 Å². The van der Waals surface area contributed by atoms with E-state index in [0.29, 0.717) is 13.0 Å². The largest absolute Gasteiger partial charge is 0.393 e. The van der Waals surface area contributed by atoms with Gasteiger partial charge in [-0.1, -0.05) is 6.92 Å². The van der Waals surface area contributed by atoms with E-state index < -0.39 is 0 Å². The lowest BCUT2D eigenvalue weighted by Gasteiger charge is -2.17. The molecule has 0 radical (unpaired) electrons. The minimum Gasteiger partial charge on any atom is -0.393 e. The predicted molar refractivity (Wildman–Crippen MR) is 88.0 cm³/mol. The molecule has 0 heterocycles. The van der Waals surface area contributed by atoms with Crippen LogP contribution in [0, 0.1) is 12.8 Å². The zero-order valence-electron chi connectivity index (χ0n) is 13.6. The number of nitrogens with zero attached hydrogens (tertiary/aromatic N) is 1.